The van der Waals surface area contributed by atoms with Crippen molar-refractivity contribution in [2.75, 3.05) is 6.54 Å². The highest BCUT2D eigenvalue weighted by atomic mass is 16.2. The van der Waals surface area contributed by atoms with Crippen LogP contribution in [-0.2, 0) is 13.6 Å². The third kappa shape index (κ3) is 2.97. The van der Waals surface area contributed by atoms with Crippen LogP contribution in [0.15, 0.2) is 67.6 Å². The molecule has 1 aromatic carbocycles. The van der Waals surface area contributed by atoms with E-state index in [0.29, 0.717) is 24.2 Å². The van der Waals surface area contributed by atoms with Gasteiger partial charge in [0.05, 0.1) is 36.0 Å². The van der Waals surface area contributed by atoms with Crippen molar-refractivity contribution in [3.05, 3.63) is 90.2 Å². The predicted octanol–water partition coefficient (Wildman–Crippen LogP) is 2.67. The van der Waals surface area contributed by atoms with Gasteiger partial charge in [-0.3, -0.25) is 14.0 Å². The van der Waals surface area contributed by atoms with E-state index in [2.05, 4.69) is 25.0 Å². The Balaban J connectivity index is 1.33. The Hall–Kier alpha value is -4.27. The zero-order valence-electron chi connectivity index (χ0n) is 17.4. The van der Waals surface area contributed by atoms with Crippen LogP contribution >= 0.6 is 0 Å². The maximum atomic E-state index is 13.4. The molecule has 1 aliphatic heterocycles. The fourth-order valence-corrected chi connectivity index (χ4v) is 4.34. The standard InChI is InChI=1S/C23H20N8O/c1-29-10-16(9-28-29)18-11-30(12-20-21(18)26-13-25-20)23(32)15-7-19-22(24-8-15)31(14-27-19)17-5-3-2-4-6-17/h2-10,13-14,18H,11-12H2,1H3,(H,25,26). The Labute approximate surface area is 183 Å². The van der Waals surface area contributed by atoms with E-state index in [1.165, 1.54) is 0 Å². The van der Waals surface area contributed by atoms with Crippen LogP contribution in [0.1, 0.15) is 33.2 Å². The molecule has 0 spiro atoms. The number of imidazole rings is 2. The number of hydrogen-bond donors (Lipinski definition) is 1. The molecule has 1 amide bonds. The minimum Gasteiger partial charge on any atom is -0.347 e. The summed E-state index contributed by atoms with van der Waals surface area (Å²) in [6.45, 7) is 1.00. The lowest BCUT2D eigenvalue weighted by molar-refractivity contribution is 0.0721. The number of carbonyl (C=O) groups is 1. The fraction of sp³-hybridized carbons (Fsp3) is 0.174. The van der Waals surface area contributed by atoms with Gasteiger partial charge in [0.25, 0.3) is 5.91 Å². The van der Waals surface area contributed by atoms with Crippen LogP contribution in [0.5, 0.6) is 0 Å². The summed E-state index contributed by atoms with van der Waals surface area (Å²) in [5, 5.41) is 4.29. The number of aromatic amines is 1. The summed E-state index contributed by atoms with van der Waals surface area (Å²) in [7, 11) is 1.89. The lowest BCUT2D eigenvalue weighted by Gasteiger charge is -2.31. The summed E-state index contributed by atoms with van der Waals surface area (Å²) in [5.74, 6) is -0.112. The van der Waals surface area contributed by atoms with E-state index >= 15 is 0 Å². The molecule has 0 fully saturated rings. The molecule has 0 aliphatic carbocycles. The van der Waals surface area contributed by atoms with Gasteiger partial charge in [-0.05, 0) is 18.2 Å². The van der Waals surface area contributed by atoms with E-state index in [9.17, 15) is 4.79 Å². The van der Waals surface area contributed by atoms with Crippen molar-refractivity contribution in [1.29, 1.82) is 0 Å². The molecule has 0 saturated carbocycles. The van der Waals surface area contributed by atoms with Crippen molar-refractivity contribution in [1.82, 2.24) is 39.2 Å². The van der Waals surface area contributed by atoms with Crippen LogP contribution in [0.4, 0.5) is 0 Å². The number of amides is 1. The zero-order chi connectivity index (χ0) is 21.7. The Kier molecular flexibility index (Phi) is 4.14. The first-order valence-electron chi connectivity index (χ1n) is 10.4. The zero-order valence-corrected chi connectivity index (χ0v) is 17.4. The summed E-state index contributed by atoms with van der Waals surface area (Å²) in [5.41, 5.74) is 5.84. The number of nitrogens with one attached hydrogen (secondary N) is 1. The predicted molar refractivity (Wildman–Crippen MR) is 117 cm³/mol. The second-order valence-corrected chi connectivity index (χ2v) is 7.97. The molecule has 6 rings (SSSR count). The molecule has 9 heteroatoms. The number of rotatable bonds is 3. The maximum absolute atomic E-state index is 13.4. The first kappa shape index (κ1) is 18.5. The molecule has 1 aliphatic rings. The largest absolute Gasteiger partial charge is 0.347 e. The number of fused-ring (bicyclic) bond motifs is 2. The molecule has 0 radical (unpaired) electrons. The second-order valence-electron chi connectivity index (χ2n) is 7.97. The molecule has 5 aromatic rings. The van der Waals surface area contributed by atoms with Crippen molar-refractivity contribution in [3.8, 4) is 5.69 Å². The van der Waals surface area contributed by atoms with E-state index in [1.54, 1.807) is 23.5 Å². The second kappa shape index (κ2) is 7.16. The molecule has 1 atom stereocenters. The van der Waals surface area contributed by atoms with Gasteiger partial charge in [0, 0.05) is 43.2 Å². The van der Waals surface area contributed by atoms with E-state index in [0.717, 1.165) is 28.3 Å². The molecule has 0 saturated heterocycles. The molecule has 4 aromatic heterocycles. The molecule has 5 heterocycles. The van der Waals surface area contributed by atoms with Gasteiger partial charge in [-0.1, -0.05) is 18.2 Å². The number of aromatic nitrogens is 7. The molecule has 9 nitrogen and oxygen atoms in total. The number of H-pyrrole nitrogens is 1. The Morgan fingerprint density at radius 1 is 1.12 bits per heavy atom. The Bertz CT molecular complexity index is 1430. The number of hydrogen-bond acceptors (Lipinski definition) is 5. The number of aryl methyl sites for hydroxylation is 1. The average molecular weight is 424 g/mol. The van der Waals surface area contributed by atoms with Gasteiger partial charge in [0.1, 0.15) is 11.8 Å². The third-order valence-electron chi connectivity index (χ3n) is 5.92. The van der Waals surface area contributed by atoms with Gasteiger partial charge in [0.15, 0.2) is 5.65 Å². The maximum Gasteiger partial charge on any atom is 0.255 e. The number of benzene rings is 1. The number of nitrogens with zero attached hydrogens (tertiary/aromatic N) is 7. The molecular formula is C23H20N8O. The highest BCUT2D eigenvalue weighted by Gasteiger charge is 2.32. The van der Waals surface area contributed by atoms with Gasteiger partial charge < -0.3 is 9.88 Å². The van der Waals surface area contributed by atoms with Crippen LogP contribution in [0.3, 0.4) is 0 Å². The summed E-state index contributed by atoms with van der Waals surface area (Å²) in [4.78, 5) is 32.0. The Morgan fingerprint density at radius 2 is 2.00 bits per heavy atom. The van der Waals surface area contributed by atoms with E-state index < -0.39 is 0 Å². The normalized spacial score (nSPS) is 15.8. The first-order valence-corrected chi connectivity index (χ1v) is 10.4. The van der Waals surface area contributed by atoms with Crippen molar-refractivity contribution >= 4 is 17.1 Å². The molecule has 1 unspecified atom stereocenters. The van der Waals surface area contributed by atoms with Gasteiger partial charge >= 0.3 is 0 Å². The molecular weight excluding hydrogens is 404 g/mol. The highest BCUT2D eigenvalue weighted by molar-refractivity contribution is 5.96. The van der Waals surface area contributed by atoms with Crippen molar-refractivity contribution in [3.63, 3.8) is 0 Å². The monoisotopic (exact) mass is 424 g/mol. The Morgan fingerprint density at radius 3 is 2.81 bits per heavy atom. The summed E-state index contributed by atoms with van der Waals surface area (Å²) in [6.07, 6.45) is 8.86. The number of para-hydroxylation sites is 1. The van der Waals surface area contributed by atoms with Gasteiger partial charge in [-0.15, -0.1) is 0 Å². The topological polar surface area (TPSA) is 97.5 Å². The smallest absolute Gasteiger partial charge is 0.255 e. The van der Waals surface area contributed by atoms with E-state index in [1.807, 2.05) is 65.3 Å². The third-order valence-corrected chi connectivity index (χ3v) is 5.92. The van der Waals surface area contributed by atoms with Gasteiger partial charge in [-0.2, -0.15) is 5.10 Å². The van der Waals surface area contributed by atoms with Crippen molar-refractivity contribution in [2.24, 2.45) is 7.05 Å². The van der Waals surface area contributed by atoms with Crippen molar-refractivity contribution in [2.45, 2.75) is 12.5 Å². The highest BCUT2D eigenvalue weighted by Crippen LogP contribution is 2.32. The van der Waals surface area contributed by atoms with Crippen LogP contribution in [-0.4, -0.2) is 51.6 Å². The number of carbonyl (C=O) groups excluding carboxylic acids is 1. The minimum atomic E-state index is -0.0807. The van der Waals surface area contributed by atoms with Crippen molar-refractivity contribution < 1.29 is 4.79 Å². The summed E-state index contributed by atoms with van der Waals surface area (Å²) >= 11 is 0. The van der Waals surface area contributed by atoms with Gasteiger partial charge in [-0.25, -0.2) is 15.0 Å². The molecule has 0 bridgehead atoms. The minimum absolute atomic E-state index is 0.0309. The van der Waals surface area contributed by atoms with Crippen LogP contribution < -0.4 is 0 Å². The lowest BCUT2D eigenvalue weighted by Crippen LogP contribution is -2.38. The van der Waals surface area contributed by atoms with Gasteiger partial charge in [0.2, 0.25) is 0 Å². The first-order chi connectivity index (χ1) is 15.7. The molecule has 1 N–H and O–H groups in total. The van der Waals surface area contributed by atoms with E-state index in [-0.39, 0.29) is 11.8 Å². The quantitative estimate of drug-likeness (QED) is 0.480. The van der Waals surface area contributed by atoms with Crippen LogP contribution in [0.2, 0.25) is 0 Å². The van der Waals surface area contributed by atoms with Crippen LogP contribution in [0.25, 0.3) is 16.9 Å². The van der Waals surface area contributed by atoms with Crippen LogP contribution in [0, 0.1) is 0 Å². The molecule has 158 valence electrons. The average Bonchev–Trinajstić information content (AvgIpc) is 3.57. The number of pyridine rings is 1. The lowest BCUT2D eigenvalue weighted by atomic mass is 9.93. The SMILES string of the molecule is Cn1cc(C2CN(C(=O)c3cnc4c(c3)ncn4-c3ccccc3)Cc3[nH]cnc32)cn1. The summed E-state index contributed by atoms with van der Waals surface area (Å²) < 4.78 is 3.68. The summed E-state index contributed by atoms with van der Waals surface area (Å²) in [6, 6.07) is 11.7. The molecule has 32 heavy (non-hydrogen) atoms. The van der Waals surface area contributed by atoms with E-state index in [4.69, 9.17) is 0 Å². The fourth-order valence-electron chi connectivity index (χ4n) is 4.34.